The summed E-state index contributed by atoms with van der Waals surface area (Å²) in [6.07, 6.45) is 2.03. The van der Waals surface area contributed by atoms with E-state index in [1.807, 2.05) is 0 Å². The van der Waals surface area contributed by atoms with Crippen LogP contribution in [0.5, 0.6) is 0 Å². The summed E-state index contributed by atoms with van der Waals surface area (Å²) in [5.74, 6) is -0.993. The standard InChI is InChI=1S/C10H11F2N.ClH/c11-8-4-7(5-9(12)6-8)10-2-1-3-13-10;/h4-6,10,13H,1-3H2;1H/t10-;/m1./s1. The van der Waals surface area contributed by atoms with Crippen LogP contribution in [0.4, 0.5) is 8.78 Å². The summed E-state index contributed by atoms with van der Waals surface area (Å²) in [5, 5.41) is 3.19. The van der Waals surface area contributed by atoms with Gasteiger partial charge >= 0.3 is 0 Å². The normalized spacial score (nSPS) is 20.6. The van der Waals surface area contributed by atoms with Gasteiger partial charge in [-0.3, -0.25) is 0 Å². The van der Waals surface area contributed by atoms with E-state index in [2.05, 4.69) is 5.32 Å². The van der Waals surface area contributed by atoms with Crippen molar-refractivity contribution in [1.29, 1.82) is 0 Å². The van der Waals surface area contributed by atoms with E-state index in [9.17, 15) is 8.78 Å². The van der Waals surface area contributed by atoms with Gasteiger partial charge in [-0.2, -0.15) is 0 Å². The Kier molecular flexibility index (Phi) is 3.84. The van der Waals surface area contributed by atoms with Crippen LogP contribution >= 0.6 is 12.4 Å². The number of hydrogen-bond acceptors (Lipinski definition) is 1. The maximum absolute atomic E-state index is 12.8. The zero-order chi connectivity index (χ0) is 9.26. The Morgan fingerprint density at radius 1 is 1.14 bits per heavy atom. The van der Waals surface area contributed by atoms with Crippen molar-refractivity contribution in [3.8, 4) is 0 Å². The van der Waals surface area contributed by atoms with Crippen molar-refractivity contribution in [2.45, 2.75) is 18.9 Å². The van der Waals surface area contributed by atoms with E-state index in [0.717, 1.165) is 31.0 Å². The number of benzene rings is 1. The predicted molar refractivity (Wildman–Crippen MR) is 53.6 cm³/mol. The van der Waals surface area contributed by atoms with Gasteiger partial charge in [-0.05, 0) is 37.1 Å². The van der Waals surface area contributed by atoms with Crippen molar-refractivity contribution in [1.82, 2.24) is 5.32 Å². The Morgan fingerprint density at radius 2 is 1.79 bits per heavy atom. The second-order valence-corrected chi connectivity index (χ2v) is 3.35. The molecule has 4 heteroatoms. The molecule has 2 rings (SSSR count). The van der Waals surface area contributed by atoms with Crippen molar-refractivity contribution >= 4 is 12.4 Å². The van der Waals surface area contributed by atoms with Crippen LogP contribution in [0, 0.1) is 11.6 Å². The highest BCUT2D eigenvalue weighted by Gasteiger charge is 2.17. The van der Waals surface area contributed by atoms with Crippen LogP contribution in [-0.4, -0.2) is 6.54 Å². The van der Waals surface area contributed by atoms with Crippen molar-refractivity contribution in [2.75, 3.05) is 6.54 Å². The molecule has 1 aliphatic heterocycles. The number of halogens is 3. The molecule has 0 aliphatic carbocycles. The van der Waals surface area contributed by atoms with Crippen LogP contribution in [-0.2, 0) is 0 Å². The number of rotatable bonds is 1. The molecule has 0 aromatic heterocycles. The molecule has 0 bridgehead atoms. The fraction of sp³-hybridized carbons (Fsp3) is 0.400. The first-order valence-electron chi connectivity index (χ1n) is 4.45. The van der Waals surface area contributed by atoms with E-state index in [4.69, 9.17) is 0 Å². The van der Waals surface area contributed by atoms with E-state index in [-0.39, 0.29) is 18.4 Å². The Hall–Kier alpha value is -0.670. The first kappa shape index (κ1) is 11.4. The Labute approximate surface area is 87.9 Å². The molecule has 1 saturated heterocycles. The molecule has 0 saturated carbocycles. The van der Waals surface area contributed by atoms with Gasteiger partial charge in [0.15, 0.2) is 0 Å². The van der Waals surface area contributed by atoms with Gasteiger partial charge < -0.3 is 5.32 Å². The van der Waals surface area contributed by atoms with E-state index >= 15 is 0 Å². The van der Waals surface area contributed by atoms with Gasteiger partial charge in [0.25, 0.3) is 0 Å². The summed E-state index contributed by atoms with van der Waals surface area (Å²) in [6, 6.07) is 3.82. The molecular formula is C10H12ClF2N. The zero-order valence-electron chi connectivity index (χ0n) is 7.59. The highest BCUT2D eigenvalue weighted by molar-refractivity contribution is 5.85. The van der Waals surface area contributed by atoms with Gasteiger partial charge in [0.05, 0.1) is 0 Å². The molecule has 0 amide bonds. The van der Waals surface area contributed by atoms with E-state index < -0.39 is 11.6 Å². The van der Waals surface area contributed by atoms with Gasteiger partial charge in [0.1, 0.15) is 11.6 Å². The van der Waals surface area contributed by atoms with Gasteiger partial charge in [0.2, 0.25) is 0 Å². The molecule has 1 aromatic carbocycles. The largest absolute Gasteiger partial charge is 0.310 e. The lowest BCUT2D eigenvalue weighted by atomic mass is 10.1. The summed E-state index contributed by atoms with van der Waals surface area (Å²) >= 11 is 0. The molecule has 1 fully saturated rings. The topological polar surface area (TPSA) is 12.0 Å². The second-order valence-electron chi connectivity index (χ2n) is 3.35. The van der Waals surface area contributed by atoms with Crippen LogP contribution in [0.3, 0.4) is 0 Å². The molecule has 1 nitrogen and oxygen atoms in total. The molecule has 78 valence electrons. The molecule has 14 heavy (non-hydrogen) atoms. The zero-order valence-corrected chi connectivity index (χ0v) is 8.41. The minimum absolute atomic E-state index is 0. The van der Waals surface area contributed by atoms with Crippen molar-refractivity contribution in [3.05, 3.63) is 35.4 Å². The van der Waals surface area contributed by atoms with Gasteiger partial charge in [-0.15, -0.1) is 12.4 Å². The quantitative estimate of drug-likeness (QED) is 0.766. The van der Waals surface area contributed by atoms with Crippen molar-refractivity contribution in [3.63, 3.8) is 0 Å². The first-order valence-corrected chi connectivity index (χ1v) is 4.45. The average Bonchev–Trinajstić information content (AvgIpc) is 2.53. The lowest BCUT2D eigenvalue weighted by Crippen LogP contribution is -2.13. The fourth-order valence-electron chi connectivity index (χ4n) is 1.75. The summed E-state index contributed by atoms with van der Waals surface area (Å²) in [4.78, 5) is 0. The van der Waals surface area contributed by atoms with Crippen LogP contribution in [0.25, 0.3) is 0 Å². The lowest BCUT2D eigenvalue weighted by molar-refractivity contribution is 0.565. The van der Waals surface area contributed by atoms with Gasteiger partial charge in [-0.25, -0.2) is 8.78 Å². The van der Waals surface area contributed by atoms with Crippen LogP contribution in [0.2, 0.25) is 0 Å². The minimum atomic E-state index is -0.497. The second kappa shape index (κ2) is 4.71. The van der Waals surface area contributed by atoms with Crippen molar-refractivity contribution < 1.29 is 8.78 Å². The third kappa shape index (κ3) is 2.42. The third-order valence-electron chi connectivity index (χ3n) is 2.35. The van der Waals surface area contributed by atoms with Crippen LogP contribution < -0.4 is 5.32 Å². The molecule has 1 N–H and O–H groups in total. The highest BCUT2D eigenvalue weighted by atomic mass is 35.5. The summed E-state index contributed by atoms with van der Waals surface area (Å²) in [6.45, 7) is 0.933. The molecule has 1 aliphatic rings. The number of nitrogens with one attached hydrogen (secondary N) is 1. The molecule has 1 heterocycles. The van der Waals surface area contributed by atoms with Gasteiger partial charge in [-0.1, -0.05) is 0 Å². The SMILES string of the molecule is Cl.Fc1cc(F)cc([C@H]2CCCN2)c1. The number of hydrogen-bond donors (Lipinski definition) is 1. The summed E-state index contributed by atoms with van der Waals surface area (Å²) < 4.78 is 25.6. The first-order chi connectivity index (χ1) is 6.25. The Balaban J connectivity index is 0.000000980. The maximum Gasteiger partial charge on any atom is 0.126 e. The molecule has 0 spiro atoms. The maximum atomic E-state index is 12.8. The van der Waals surface area contributed by atoms with E-state index in [0.29, 0.717) is 0 Å². The highest BCUT2D eigenvalue weighted by Crippen LogP contribution is 2.24. The molecule has 0 unspecified atom stereocenters. The molecule has 0 radical (unpaired) electrons. The van der Waals surface area contributed by atoms with Crippen LogP contribution in [0.15, 0.2) is 18.2 Å². The molecule has 1 atom stereocenters. The van der Waals surface area contributed by atoms with Crippen molar-refractivity contribution in [2.24, 2.45) is 0 Å². The third-order valence-corrected chi connectivity index (χ3v) is 2.35. The fourth-order valence-corrected chi connectivity index (χ4v) is 1.75. The monoisotopic (exact) mass is 219 g/mol. The Bertz CT molecular complexity index is 291. The summed E-state index contributed by atoms with van der Waals surface area (Å²) in [7, 11) is 0. The van der Waals surface area contributed by atoms with E-state index in [1.54, 1.807) is 0 Å². The van der Waals surface area contributed by atoms with Crippen LogP contribution in [0.1, 0.15) is 24.4 Å². The van der Waals surface area contributed by atoms with E-state index in [1.165, 1.54) is 12.1 Å². The average molecular weight is 220 g/mol. The lowest BCUT2D eigenvalue weighted by Gasteiger charge is -2.10. The minimum Gasteiger partial charge on any atom is -0.310 e. The van der Waals surface area contributed by atoms with Gasteiger partial charge in [0, 0.05) is 12.1 Å². The summed E-state index contributed by atoms with van der Waals surface area (Å²) in [5.41, 5.74) is 0.718. The smallest absolute Gasteiger partial charge is 0.126 e. The Morgan fingerprint density at radius 3 is 2.29 bits per heavy atom. The molecular weight excluding hydrogens is 208 g/mol. The predicted octanol–water partition coefficient (Wildman–Crippen LogP) is 2.81. The molecule has 1 aromatic rings.